The normalized spacial score (nSPS) is 16.5. The van der Waals surface area contributed by atoms with Gasteiger partial charge in [0.1, 0.15) is 5.69 Å². The molecule has 38 heavy (non-hydrogen) atoms. The fraction of sp³-hybridized carbons (Fsp3) is 0.500. The van der Waals surface area contributed by atoms with Gasteiger partial charge < -0.3 is 19.4 Å². The molecule has 3 amide bonds. The molecule has 5 rings (SSSR count). The summed E-state index contributed by atoms with van der Waals surface area (Å²) in [4.78, 5) is 50.5. The third kappa shape index (κ3) is 5.47. The second kappa shape index (κ2) is 10.8. The van der Waals surface area contributed by atoms with Crippen molar-refractivity contribution in [3.05, 3.63) is 35.3 Å². The monoisotopic (exact) mass is 519 g/mol. The minimum absolute atomic E-state index is 0.0464. The Labute approximate surface area is 222 Å². The lowest BCUT2D eigenvalue weighted by molar-refractivity contribution is -0.107. The second-order valence-corrected chi connectivity index (χ2v) is 10.2. The molecule has 0 radical (unpaired) electrons. The summed E-state index contributed by atoms with van der Waals surface area (Å²) in [5, 5.41) is 0. The number of methoxy groups -OCH3 is 1. The van der Waals surface area contributed by atoms with Gasteiger partial charge >= 0.3 is 6.09 Å². The molecule has 3 aliphatic carbocycles. The first-order chi connectivity index (χ1) is 18.4. The second-order valence-electron chi connectivity index (χ2n) is 10.2. The summed E-state index contributed by atoms with van der Waals surface area (Å²) < 4.78 is 11.0. The van der Waals surface area contributed by atoms with Gasteiger partial charge in [-0.1, -0.05) is 12.0 Å². The molecule has 3 aliphatic rings. The maximum Gasteiger partial charge on any atom is 0.416 e. The van der Waals surface area contributed by atoms with Crippen LogP contribution < -0.4 is 14.4 Å². The Morgan fingerprint density at radius 3 is 2.45 bits per heavy atom. The Kier molecular flexibility index (Phi) is 7.27. The van der Waals surface area contributed by atoms with E-state index in [1.807, 2.05) is 19.1 Å². The van der Waals surface area contributed by atoms with Gasteiger partial charge in [-0.25, -0.2) is 9.78 Å². The highest BCUT2D eigenvalue weighted by Gasteiger charge is 2.37. The molecule has 10 heteroatoms. The van der Waals surface area contributed by atoms with Crippen LogP contribution in [0.2, 0.25) is 0 Å². The van der Waals surface area contributed by atoms with Gasteiger partial charge in [0.2, 0.25) is 6.41 Å². The van der Waals surface area contributed by atoms with Crippen LogP contribution in [-0.4, -0.2) is 77.0 Å². The van der Waals surface area contributed by atoms with Gasteiger partial charge in [-0.15, -0.1) is 0 Å². The maximum atomic E-state index is 13.2. The number of carbonyl (C=O) groups is 3. The van der Waals surface area contributed by atoms with E-state index in [-0.39, 0.29) is 42.1 Å². The predicted molar refractivity (Wildman–Crippen MR) is 140 cm³/mol. The number of carbonyl (C=O) groups excluding carboxylic acids is 3. The first kappa shape index (κ1) is 25.6. The molecule has 1 N–H and O–H groups in total. The topological polar surface area (TPSA) is 108 Å². The third-order valence-corrected chi connectivity index (χ3v) is 7.33. The molecule has 1 heterocycles. The maximum absolute atomic E-state index is 13.2. The number of hydrogen-bond donors (Lipinski definition) is 1. The van der Waals surface area contributed by atoms with Gasteiger partial charge in [0.05, 0.1) is 13.7 Å². The number of rotatable bonds is 9. The van der Waals surface area contributed by atoms with Crippen LogP contribution in [0.15, 0.2) is 18.2 Å². The van der Waals surface area contributed by atoms with Crippen LogP contribution in [0.1, 0.15) is 66.8 Å². The van der Waals surface area contributed by atoms with Gasteiger partial charge in [0, 0.05) is 25.2 Å². The number of hydrogen-bond acceptors (Lipinski definition) is 6. The van der Waals surface area contributed by atoms with Crippen molar-refractivity contribution in [1.29, 1.82) is 0 Å². The van der Waals surface area contributed by atoms with Gasteiger partial charge in [-0.2, -0.15) is 0 Å². The number of H-pyrrole nitrogens is 1. The van der Waals surface area contributed by atoms with Crippen molar-refractivity contribution in [2.75, 3.05) is 25.6 Å². The molecule has 1 aromatic carbocycles. The largest absolute Gasteiger partial charge is 0.493 e. The van der Waals surface area contributed by atoms with E-state index in [0.717, 1.165) is 56.9 Å². The SMILES string of the molecule is COc1cc(C)ccc1OC(=O)N(CC#Cc1nc(N(C=O)C2CC2)c(C(=O)N(C)C2CC2)[nH]1)C1CCC1. The van der Waals surface area contributed by atoms with Gasteiger partial charge in [0.25, 0.3) is 5.91 Å². The van der Waals surface area contributed by atoms with Crippen molar-refractivity contribution in [3.63, 3.8) is 0 Å². The smallest absolute Gasteiger partial charge is 0.416 e. The van der Waals surface area contributed by atoms with Crippen molar-refractivity contribution in [2.45, 2.75) is 70.0 Å². The number of amides is 3. The zero-order chi connectivity index (χ0) is 26.8. The van der Waals surface area contributed by atoms with Crippen molar-refractivity contribution in [1.82, 2.24) is 19.8 Å². The number of aromatic amines is 1. The van der Waals surface area contributed by atoms with Crippen LogP contribution in [0.5, 0.6) is 11.5 Å². The standard InChI is InChI=1S/C28H33N5O5/c1-18-9-14-22(23(16-18)37-3)38-28(36)32(20-6-4-7-20)15-5-8-24-29-25(27(35)31(2)19-10-11-19)26(30-24)33(17-34)21-12-13-21/h9,14,16-17,19-21H,4,6-7,10-13,15H2,1-3H3,(H,29,30). The minimum Gasteiger partial charge on any atom is -0.493 e. The molecular weight excluding hydrogens is 486 g/mol. The van der Waals surface area contributed by atoms with E-state index in [0.29, 0.717) is 17.3 Å². The molecule has 10 nitrogen and oxygen atoms in total. The number of benzene rings is 1. The highest BCUT2D eigenvalue weighted by atomic mass is 16.6. The van der Waals surface area contributed by atoms with Crippen molar-refractivity contribution >= 4 is 24.2 Å². The van der Waals surface area contributed by atoms with Crippen LogP contribution >= 0.6 is 0 Å². The number of nitrogens with zero attached hydrogens (tertiary/aromatic N) is 4. The molecule has 0 aliphatic heterocycles. The van der Waals surface area contributed by atoms with Crippen molar-refractivity contribution in [2.24, 2.45) is 0 Å². The zero-order valence-electron chi connectivity index (χ0n) is 22.0. The average Bonchev–Trinajstić information content (AvgIpc) is 3.81. The van der Waals surface area contributed by atoms with E-state index >= 15 is 0 Å². The van der Waals surface area contributed by atoms with Gasteiger partial charge in [-0.3, -0.25) is 19.4 Å². The predicted octanol–water partition coefficient (Wildman–Crippen LogP) is 3.49. The van der Waals surface area contributed by atoms with E-state index in [4.69, 9.17) is 9.47 Å². The van der Waals surface area contributed by atoms with Crippen molar-refractivity contribution in [3.8, 4) is 23.3 Å². The molecule has 0 saturated heterocycles. The lowest BCUT2D eigenvalue weighted by Crippen LogP contribution is -2.45. The summed E-state index contributed by atoms with van der Waals surface area (Å²) in [5.41, 5.74) is 1.27. The third-order valence-electron chi connectivity index (χ3n) is 7.33. The van der Waals surface area contributed by atoms with Crippen LogP contribution in [-0.2, 0) is 4.79 Å². The summed E-state index contributed by atoms with van der Waals surface area (Å²) in [5.74, 6) is 7.21. The molecule has 0 bridgehead atoms. The van der Waals surface area contributed by atoms with E-state index < -0.39 is 6.09 Å². The average molecular weight is 520 g/mol. The summed E-state index contributed by atoms with van der Waals surface area (Å²) in [6.07, 6.45) is 6.75. The quantitative estimate of drug-likeness (QED) is 0.401. The molecule has 0 atom stereocenters. The number of imidazole rings is 1. The number of nitrogens with one attached hydrogen (secondary N) is 1. The Bertz CT molecular complexity index is 1280. The molecule has 0 unspecified atom stereocenters. The van der Waals surface area contributed by atoms with E-state index in [9.17, 15) is 14.4 Å². The molecule has 0 spiro atoms. The van der Waals surface area contributed by atoms with E-state index in [1.165, 1.54) is 12.0 Å². The molecule has 3 fully saturated rings. The first-order valence-electron chi connectivity index (χ1n) is 13.1. The highest BCUT2D eigenvalue weighted by molar-refractivity contribution is 5.99. The first-order valence-corrected chi connectivity index (χ1v) is 13.1. The Morgan fingerprint density at radius 1 is 1.11 bits per heavy atom. The highest BCUT2D eigenvalue weighted by Crippen LogP contribution is 2.34. The van der Waals surface area contributed by atoms with E-state index in [1.54, 1.807) is 22.9 Å². The summed E-state index contributed by atoms with van der Waals surface area (Å²) in [6, 6.07) is 5.71. The number of ether oxygens (including phenoxy) is 2. The number of anilines is 1. The molecule has 3 saturated carbocycles. The van der Waals surface area contributed by atoms with Crippen molar-refractivity contribution < 1.29 is 23.9 Å². The molecule has 1 aromatic heterocycles. The molecular formula is C28H33N5O5. The minimum atomic E-state index is -0.492. The van der Waals surface area contributed by atoms with Crippen LogP contribution in [0.4, 0.5) is 10.6 Å². The molecule has 2 aromatic rings. The van der Waals surface area contributed by atoms with Gasteiger partial charge in [-0.05, 0) is 75.5 Å². The zero-order valence-corrected chi connectivity index (χ0v) is 22.0. The van der Waals surface area contributed by atoms with E-state index in [2.05, 4.69) is 21.8 Å². The molecule has 200 valence electrons. The lowest BCUT2D eigenvalue weighted by Gasteiger charge is -2.35. The Hall–Kier alpha value is -4.00. The summed E-state index contributed by atoms with van der Waals surface area (Å²) in [6.45, 7) is 2.07. The fourth-order valence-corrected chi connectivity index (χ4v) is 4.49. The number of aryl methyl sites for hydroxylation is 1. The van der Waals surface area contributed by atoms with Crippen LogP contribution in [0.3, 0.4) is 0 Å². The lowest BCUT2D eigenvalue weighted by atomic mass is 9.92. The number of aromatic nitrogens is 2. The van der Waals surface area contributed by atoms with Crippen LogP contribution in [0.25, 0.3) is 0 Å². The summed E-state index contributed by atoms with van der Waals surface area (Å²) in [7, 11) is 3.30. The van der Waals surface area contributed by atoms with Crippen LogP contribution in [0, 0.1) is 18.8 Å². The van der Waals surface area contributed by atoms with Gasteiger partial charge in [0.15, 0.2) is 23.1 Å². The fourth-order valence-electron chi connectivity index (χ4n) is 4.49. The Balaban J connectivity index is 1.35. The Morgan fingerprint density at radius 2 is 1.84 bits per heavy atom. The summed E-state index contributed by atoms with van der Waals surface area (Å²) >= 11 is 0.